The van der Waals surface area contributed by atoms with Crippen LogP contribution in [-0.4, -0.2) is 49.6 Å². The summed E-state index contributed by atoms with van der Waals surface area (Å²) in [4.78, 5) is 13.6. The van der Waals surface area contributed by atoms with E-state index in [1.165, 1.54) is 92.3 Å². The molecule has 0 atom stereocenters. The summed E-state index contributed by atoms with van der Waals surface area (Å²) in [5, 5.41) is 0. The quantitative estimate of drug-likeness (QED) is 0.0668. The Kier molecular flexibility index (Phi) is 26.4. The van der Waals surface area contributed by atoms with Gasteiger partial charge in [0.2, 0.25) is 0 Å². The molecule has 0 N–H and O–H groups in total. The Labute approximate surface area is 227 Å². The molecule has 0 aliphatic rings. The van der Waals surface area contributed by atoms with Gasteiger partial charge in [-0.25, -0.2) is 0 Å². The van der Waals surface area contributed by atoms with Gasteiger partial charge in [-0.1, -0.05) is 13.3 Å². The van der Waals surface area contributed by atoms with E-state index in [-0.39, 0.29) is 3.99 Å². The molecule has 3 nitrogen and oxygen atoms in total. The summed E-state index contributed by atoms with van der Waals surface area (Å²) in [6.45, 7) is 12.0. The normalized spacial score (nSPS) is 11.9. The van der Waals surface area contributed by atoms with Crippen LogP contribution in [0.5, 0.6) is 0 Å². The molecule has 0 aromatic carbocycles. The van der Waals surface area contributed by atoms with Crippen molar-refractivity contribution in [2.45, 2.75) is 168 Å². The fourth-order valence-corrected chi connectivity index (χ4v) is 40.7. The van der Waals surface area contributed by atoms with Crippen molar-refractivity contribution in [3.05, 3.63) is 0 Å². The molecule has 0 heterocycles. The molecular weight excluding hydrogens is 634 g/mol. The summed E-state index contributed by atoms with van der Waals surface area (Å²) < 4.78 is 18.1. The number of rotatable bonds is 26. The molecule has 0 aromatic rings. The first-order chi connectivity index (χ1) is 16.6. The Morgan fingerprint density at radius 2 is 0.971 bits per heavy atom. The summed E-state index contributed by atoms with van der Waals surface area (Å²) in [5.41, 5.74) is 0. The molecule has 0 fully saturated rings. The van der Waals surface area contributed by atoms with E-state index >= 15 is 0 Å². The predicted octanol–water partition coefficient (Wildman–Crippen LogP) is 10.8. The van der Waals surface area contributed by atoms with E-state index in [0.29, 0.717) is 6.61 Å². The molecule has 0 aliphatic carbocycles. The first kappa shape index (κ1) is 35.0. The average molecular weight is 695 g/mol. The van der Waals surface area contributed by atoms with E-state index in [1.54, 1.807) is 0 Å². The third kappa shape index (κ3) is 18.3. The van der Waals surface area contributed by atoms with Crippen LogP contribution in [0.2, 0.25) is 17.7 Å². The molecule has 203 valence electrons. The maximum absolute atomic E-state index is 13.6. The summed E-state index contributed by atoms with van der Waals surface area (Å²) in [6, 6.07) is 0. The van der Waals surface area contributed by atoms with Crippen LogP contribution in [-0.2, 0) is 6.15 Å². The van der Waals surface area contributed by atoms with E-state index in [0.717, 1.165) is 41.0 Å². The zero-order chi connectivity index (χ0) is 25.3. The van der Waals surface area contributed by atoms with Crippen molar-refractivity contribution in [1.29, 1.82) is 0 Å². The van der Waals surface area contributed by atoms with Gasteiger partial charge in [0, 0.05) is 0 Å². The van der Waals surface area contributed by atoms with Gasteiger partial charge < -0.3 is 0 Å². The average Bonchev–Trinajstić information content (AvgIpc) is 2.85. The number of unbranched alkanes of at least 4 members (excludes halogenated alkanes) is 13. The first-order valence-corrected chi connectivity index (χ1v) is 27.1. The molecule has 0 saturated carbocycles. The van der Waals surface area contributed by atoms with Gasteiger partial charge >= 0.3 is 215 Å². The SMILES string of the molecule is CCCCCCCCCCCCO[C](=O)[Sn]([CH2]CCC)([CH2]CCC)[O][Sn]([CH2]CCC)[CH2]CCC. The third-order valence-corrected chi connectivity index (χ3v) is 36.2. The number of ether oxygens (including phenoxy) is 1. The molecule has 0 bridgehead atoms. The molecule has 0 spiro atoms. The van der Waals surface area contributed by atoms with Crippen molar-refractivity contribution >= 4 is 43.0 Å². The van der Waals surface area contributed by atoms with Crippen molar-refractivity contribution in [3.63, 3.8) is 0 Å². The van der Waals surface area contributed by atoms with Gasteiger partial charge in [0.05, 0.1) is 0 Å². The van der Waals surface area contributed by atoms with Crippen LogP contribution >= 0.6 is 0 Å². The number of hydrogen-bond acceptors (Lipinski definition) is 3. The van der Waals surface area contributed by atoms with Crippen LogP contribution in [0.3, 0.4) is 0 Å². The van der Waals surface area contributed by atoms with Crippen LogP contribution in [0.4, 0.5) is 4.79 Å². The van der Waals surface area contributed by atoms with Gasteiger partial charge in [0.15, 0.2) is 0 Å². The zero-order valence-corrected chi connectivity index (χ0v) is 29.7. The molecule has 5 heteroatoms. The fourth-order valence-electron chi connectivity index (χ4n) is 4.53. The van der Waals surface area contributed by atoms with E-state index in [1.807, 2.05) is 0 Å². The van der Waals surface area contributed by atoms with E-state index in [9.17, 15) is 4.79 Å². The minimum absolute atomic E-state index is 0.179. The second-order valence-electron chi connectivity index (χ2n) is 10.4. The molecular formula is C29H61O3Sn2. The molecule has 0 amide bonds. The Balaban J connectivity index is 4.75. The van der Waals surface area contributed by atoms with Gasteiger partial charge in [-0.05, 0) is 0 Å². The Hall–Kier alpha value is 1.03. The summed E-state index contributed by atoms with van der Waals surface area (Å²) >= 11 is -5.38. The second kappa shape index (κ2) is 25.7. The number of hydrogen-bond donors (Lipinski definition) is 0. The molecule has 0 rings (SSSR count). The summed E-state index contributed by atoms with van der Waals surface area (Å²) in [6.07, 6.45) is 22.8. The Morgan fingerprint density at radius 1 is 0.559 bits per heavy atom. The molecule has 0 unspecified atom stereocenters. The number of carbonyl (C=O) groups is 1. The number of carbonyl (C=O) groups excluding carboxylic acids is 1. The third-order valence-electron chi connectivity index (χ3n) is 6.93. The van der Waals surface area contributed by atoms with Crippen LogP contribution in [0.25, 0.3) is 0 Å². The molecule has 0 aromatic heterocycles. The van der Waals surface area contributed by atoms with Crippen molar-refractivity contribution in [3.8, 4) is 0 Å². The zero-order valence-electron chi connectivity index (χ0n) is 24.0. The first-order valence-electron chi connectivity index (χ1n) is 15.3. The van der Waals surface area contributed by atoms with E-state index in [4.69, 9.17) is 6.15 Å². The van der Waals surface area contributed by atoms with Gasteiger partial charge in [-0.15, -0.1) is 0 Å². The van der Waals surface area contributed by atoms with Crippen molar-refractivity contribution in [1.82, 2.24) is 0 Å². The van der Waals surface area contributed by atoms with Crippen molar-refractivity contribution in [2.75, 3.05) is 6.61 Å². The van der Waals surface area contributed by atoms with Gasteiger partial charge in [-0.2, -0.15) is 0 Å². The second-order valence-corrected chi connectivity index (χ2v) is 30.5. The maximum atomic E-state index is 13.6. The van der Waals surface area contributed by atoms with E-state index in [2.05, 4.69) is 34.6 Å². The molecule has 1 radical (unpaired) electrons. The van der Waals surface area contributed by atoms with Crippen molar-refractivity contribution < 1.29 is 10.9 Å². The van der Waals surface area contributed by atoms with E-state index < -0.39 is 39.0 Å². The van der Waals surface area contributed by atoms with Crippen LogP contribution in [0.15, 0.2) is 0 Å². The van der Waals surface area contributed by atoms with Gasteiger partial charge in [0.1, 0.15) is 0 Å². The van der Waals surface area contributed by atoms with Gasteiger partial charge in [-0.3, -0.25) is 0 Å². The standard InChI is InChI=1S/C13H25O2.4C4H9.O.2Sn/c1-2-3-4-5-6-7-8-9-10-11-12-15-13-14;4*1-3-4-2;;;/h2-12H2,1H3;4*1,3-4H2,2H3;;;. The molecule has 34 heavy (non-hydrogen) atoms. The predicted molar refractivity (Wildman–Crippen MR) is 155 cm³/mol. The molecule has 0 saturated heterocycles. The van der Waals surface area contributed by atoms with Gasteiger partial charge in [0.25, 0.3) is 0 Å². The topological polar surface area (TPSA) is 35.5 Å². The minimum atomic E-state index is -3.41. The monoisotopic (exact) mass is 697 g/mol. The van der Waals surface area contributed by atoms with Crippen molar-refractivity contribution in [2.24, 2.45) is 0 Å². The Morgan fingerprint density at radius 3 is 1.41 bits per heavy atom. The molecule has 0 aliphatic heterocycles. The van der Waals surface area contributed by atoms with Crippen LogP contribution in [0, 0.1) is 0 Å². The van der Waals surface area contributed by atoms with Crippen LogP contribution in [0.1, 0.15) is 150 Å². The van der Waals surface area contributed by atoms with Crippen LogP contribution < -0.4 is 0 Å². The Bertz CT molecular complexity index is 429. The summed E-state index contributed by atoms with van der Waals surface area (Å²) in [5.74, 6) is 0. The summed E-state index contributed by atoms with van der Waals surface area (Å²) in [7, 11) is 0. The fraction of sp³-hybridized carbons (Fsp3) is 0.966.